The summed E-state index contributed by atoms with van der Waals surface area (Å²) < 4.78 is 0. The fourth-order valence-corrected chi connectivity index (χ4v) is 4.49. The molecule has 1 spiro atoms. The Morgan fingerprint density at radius 3 is 2.31 bits per heavy atom. The van der Waals surface area contributed by atoms with Crippen molar-refractivity contribution in [1.82, 2.24) is 4.90 Å². The maximum absolute atomic E-state index is 2.82. The molecule has 0 N–H and O–H groups in total. The Bertz CT molecular complexity index is 274. The van der Waals surface area contributed by atoms with E-state index in [-0.39, 0.29) is 0 Å². The topological polar surface area (TPSA) is 3.24 Å². The zero-order chi connectivity index (χ0) is 11.4. The van der Waals surface area contributed by atoms with E-state index in [1.807, 2.05) is 0 Å². The molecule has 3 fully saturated rings. The van der Waals surface area contributed by atoms with E-state index in [9.17, 15) is 0 Å². The third kappa shape index (κ3) is 1.72. The van der Waals surface area contributed by atoms with Gasteiger partial charge in [0.25, 0.3) is 0 Å². The molecule has 1 nitrogen and oxygen atoms in total. The molecule has 0 aromatic heterocycles. The van der Waals surface area contributed by atoms with Gasteiger partial charge in [-0.05, 0) is 61.8 Å². The van der Waals surface area contributed by atoms with Crippen LogP contribution in [0.4, 0.5) is 0 Å². The second-order valence-corrected chi connectivity index (χ2v) is 7.62. The van der Waals surface area contributed by atoms with E-state index in [2.05, 4.69) is 25.7 Å². The van der Waals surface area contributed by atoms with Gasteiger partial charge < -0.3 is 0 Å². The third-order valence-electron chi connectivity index (χ3n) is 5.42. The van der Waals surface area contributed by atoms with Crippen molar-refractivity contribution in [3.63, 3.8) is 0 Å². The molecule has 3 aliphatic rings. The summed E-state index contributed by atoms with van der Waals surface area (Å²) in [7, 11) is 0. The fraction of sp³-hybridized carbons (Fsp3) is 1.00. The Morgan fingerprint density at radius 1 is 1.06 bits per heavy atom. The van der Waals surface area contributed by atoms with E-state index in [1.54, 1.807) is 0 Å². The molecule has 0 amide bonds. The summed E-state index contributed by atoms with van der Waals surface area (Å²) >= 11 is 0. The highest BCUT2D eigenvalue weighted by atomic mass is 15.2. The third-order valence-corrected chi connectivity index (χ3v) is 5.42. The normalized spacial score (nSPS) is 41.1. The van der Waals surface area contributed by atoms with Crippen LogP contribution in [0.25, 0.3) is 0 Å². The highest BCUT2D eigenvalue weighted by Crippen LogP contribution is 2.59. The number of rotatable bonds is 1. The molecule has 0 aromatic rings. The minimum atomic E-state index is 0.533. The number of nitrogens with zero attached hydrogens (tertiary/aromatic N) is 1. The van der Waals surface area contributed by atoms with Gasteiger partial charge in [0.15, 0.2) is 0 Å². The van der Waals surface area contributed by atoms with Crippen molar-refractivity contribution in [2.24, 2.45) is 16.7 Å². The van der Waals surface area contributed by atoms with Crippen LogP contribution in [0.15, 0.2) is 0 Å². The van der Waals surface area contributed by atoms with Crippen LogP contribution >= 0.6 is 0 Å². The number of hydrogen-bond donors (Lipinski definition) is 0. The van der Waals surface area contributed by atoms with Crippen LogP contribution in [0.1, 0.15) is 59.3 Å². The molecule has 1 saturated heterocycles. The van der Waals surface area contributed by atoms with Crippen molar-refractivity contribution in [3.8, 4) is 0 Å². The van der Waals surface area contributed by atoms with Crippen LogP contribution in [0.3, 0.4) is 0 Å². The summed E-state index contributed by atoms with van der Waals surface area (Å²) in [5.41, 5.74) is 1.25. The molecular formula is C15H27N. The minimum absolute atomic E-state index is 0.533. The monoisotopic (exact) mass is 221 g/mol. The van der Waals surface area contributed by atoms with Gasteiger partial charge >= 0.3 is 0 Å². The molecule has 92 valence electrons. The molecule has 2 atom stereocenters. The van der Waals surface area contributed by atoms with Gasteiger partial charge in [0, 0.05) is 12.6 Å². The van der Waals surface area contributed by atoms with E-state index >= 15 is 0 Å². The fourth-order valence-electron chi connectivity index (χ4n) is 4.49. The van der Waals surface area contributed by atoms with Gasteiger partial charge in [-0.1, -0.05) is 20.8 Å². The summed E-state index contributed by atoms with van der Waals surface area (Å²) in [5, 5.41) is 0. The highest BCUT2D eigenvalue weighted by molar-refractivity contribution is 5.05. The molecule has 16 heavy (non-hydrogen) atoms. The average Bonchev–Trinajstić information content (AvgIpc) is 2.96. The standard InChI is InChI=1S/C15H27N/c1-14(2,3)13-7-9-15(13)8-4-10-16(11-15)12-5-6-12/h12-13H,4-11H2,1-3H3/t13?,15-/m1/s1. The average molecular weight is 221 g/mol. The van der Waals surface area contributed by atoms with E-state index in [0.717, 1.165) is 17.4 Å². The lowest BCUT2D eigenvalue weighted by Gasteiger charge is -2.59. The van der Waals surface area contributed by atoms with Gasteiger partial charge in [-0.25, -0.2) is 0 Å². The maximum Gasteiger partial charge on any atom is 0.00966 e. The second-order valence-electron chi connectivity index (χ2n) is 7.62. The molecule has 0 radical (unpaired) electrons. The first-order chi connectivity index (χ1) is 7.51. The smallest absolute Gasteiger partial charge is 0.00966 e. The Labute approximate surface area is 101 Å². The van der Waals surface area contributed by atoms with E-state index in [4.69, 9.17) is 0 Å². The summed E-state index contributed by atoms with van der Waals surface area (Å²) in [6.07, 6.45) is 8.94. The zero-order valence-corrected chi connectivity index (χ0v) is 11.3. The molecule has 2 aliphatic carbocycles. The Balaban J connectivity index is 1.72. The van der Waals surface area contributed by atoms with Gasteiger partial charge in [0.05, 0.1) is 0 Å². The van der Waals surface area contributed by atoms with Crippen molar-refractivity contribution in [1.29, 1.82) is 0 Å². The second kappa shape index (κ2) is 3.48. The molecule has 0 aromatic carbocycles. The molecule has 3 rings (SSSR count). The molecule has 2 saturated carbocycles. The van der Waals surface area contributed by atoms with Crippen molar-refractivity contribution in [3.05, 3.63) is 0 Å². The quantitative estimate of drug-likeness (QED) is 0.653. The van der Waals surface area contributed by atoms with Crippen LogP contribution < -0.4 is 0 Å². The Hall–Kier alpha value is -0.0400. The van der Waals surface area contributed by atoms with Crippen molar-refractivity contribution in [2.45, 2.75) is 65.3 Å². The highest BCUT2D eigenvalue weighted by Gasteiger charge is 2.53. The predicted molar refractivity (Wildman–Crippen MR) is 68.4 cm³/mol. The number of hydrogen-bond acceptors (Lipinski definition) is 1. The van der Waals surface area contributed by atoms with E-state index in [1.165, 1.54) is 51.6 Å². The van der Waals surface area contributed by atoms with E-state index in [0.29, 0.717) is 5.41 Å². The largest absolute Gasteiger partial charge is 0.300 e. The first kappa shape index (κ1) is 11.1. The lowest BCUT2D eigenvalue weighted by Crippen LogP contribution is -2.56. The molecule has 1 aliphatic heterocycles. The summed E-state index contributed by atoms with van der Waals surface area (Å²) in [6, 6.07) is 0.985. The van der Waals surface area contributed by atoms with Crippen LogP contribution in [0.5, 0.6) is 0 Å². The SMILES string of the molecule is CC(C)(C)C1CC[C@@]12CCCN(C1CC1)C2. The summed E-state index contributed by atoms with van der Waals surface area (Å²) in [6.45, 7) is 10.2. The van der Waals surface area contributed by atoms with Gasteiger partial charge in [-0.3, -0.25) is 4.90 Å². The first-order valence-corrected chi connectivity index (χ1v) is 7.25. The van der Waals surface area contributed by atoms with Crippen molar-refractivity contribution >= 4 is 0 Å². The molecule has 1 heteroatoms. The van der Waals surface area contributed by atoms with Crippen LogP contribution in [0.2, 0.25) is 0 Å². The minimum Gasteiger partial charge on any atom is -0.300 e. The van der Waals surface area contributed by atoms with Crippen LogP contribution in [0, 0.1) is 16.7 Å². The van der Waals surface area contributed by atoms with Crippen LogP contribution in [-0.2, 0) is 0 Å². The van der Waals surface area contributed by atoms with E-state index < -0.39 is 0 Å². The molecule has 1 unspecified atom stereocenters. The predicted octanol–water partition coefficient (Wildman–Crippen LogP) is 3.69. The number of piperidine rings is 1. The summed E-state index contributed by atoms with van der Waals surface area (Å²) in [4.78, 5) is 2.82. The van der Waals surface area contributed by atoms with Gasteiger partial charge in [-0.2, -0.15) is 0 Å². The Morgan fingerprint density at radius 2 is 1.81 bits per heavy atom. The van der Waals surface area contributed by atoms with Crippen molar-refractivity contribution < 1.29 is 0 Å². The summed E-state index contributed by atoms with van der Waals surface area (Å²) in [5.74, 6) is 0.988. The zero-order valence-electron chi connectivity index (χ0n) is 11.3. The molecule has 1 heterocycles. The lowest BCUT2D eigenvalue weighted by molar-refractivity contribution is -0.0956. The molecule has 0 bridgehead atoms. The van der Waals surface area contributed by atoms with Gasteiger partial charge in [-0.15, -0.1) is 0 Å². The van der Waals surface area contributed by atoms with Crippen LogP contribution in [-0.4, -0.2) is 24.0 Å². The van der Waals surface area contributed by atoms with Gasteiger partial charge in [0.1, 0.15) is 0 Å². The Kier molecular flexibility index (Phi) is 2.41. The lowest BCUT2D eigenvalue weighted by atomic mass is 9.49. The first-order valence-electron chi connectivity index (χ1n) is 7.25. The maximum atomic E-state index is 2.82. The van der Waals surface area contributed by atoms with Crippen molar-refractivity contribution in [2.75, 3.05) is 13.1 Å². The number of likely N-dealkylation sites (tertiary alicyclic amines) is 1. The molecular weight excluding hydrogens is 194 g/mol. The van der Waals surface area contributed by atoms with Gasteiger partial charge in [0.2, 0.25) is 0 Å².